The minimum Gasteiger partial charge on any atom is -0.479 e. The highest BCUT2D eigenvalue weighted by atomic mass is 16.5. The summed E-state index contributed by atoms with van der Waals surface area (Å²) < 4.78 is 10.6. The van der Waals surface area contributed by atoms with Crippen LogP contribution in [0.5, 0.6) is 5.75 Å². The first-order chi connectivity index (χ1) is 11.5. The van der Waals surface area contributed by atoms with Crippen LogP contribution in [-0.4, -0.2) is 36.2 Å². The summed E-state index contributed by atoms with van der Waals surface area (Å²) in [6.07, 6.45) is -0.0544. The van der Waals surface area contributed by atoms with Crippen LogP contribution < -0.4 is 15.0 Å². The van der Waals surface area contributed by atoms with Crippen LogP contribution in [0.4, 0.5) is 5.69 Å². The molecule has 3 rings (SSSR count). The third-order valence-corrected chi connectivity index (χ3v) is 3.75. The lowest BCUT2D eigenvalue weighted by Gasteiger charge is -2.32. The van der Waals surface area contributed by atoms with Gasteiger partial charge in [-0.3, -0.25) is 14.5 Å². The molecular formula is C17H19N3O4. The second-order valence-corrected chi connectivity index (χ2v) is 5.69. The van der Waals surface area contributed by atoms with Gasteiger partial charge in [-0.1, -0.05) is 17.3 Å². The SMILES string of the molecule is Cc1cc(CCNC(=O)CN2C(=O)C(C)Oc3ccccc32)on1. The second kappa shape index (κ2) is 6.74. The fraction of sp³-hybridized carbons (Fsp3) is 0.353. The Morgan fingerprint density at radius 1 is 1.38 bits per heavy atom. The molecule has 7 nitrogen and oxygen atoms in total. The van der Waals surface area contributed by atoms with Crippen molar-refractivity contribution in [3.8, 4) is 5.75 Å². The maximum Gasteiger partial charge on any atom is 0.268 e. The van der Waals surface area contributed by atoms with Gasteiger partial charge in [-0.2, -0.15) is 0 Å². The maximum atomic E-state index is 12.3. The zero-order valence-corrected chi connectivity index (χ0v) is 13.6. The Labute approximate surface area is 139 Å². The molecule has 7 heteroatoms. The monoisotopic (exact) mass is 329 g/mol. The fourth-order valence-electron chi connectivity index (χ4n) is 2.58. The number of nitrogens with zero attached hydrogens (tertiary/aromatic N) is 2. The minimum atomic E-state index is -0.607. The van der Waals surface area contributed by atoms with E-state index >= 15 is 0 Å². The number of carbonyl (C=O) groups is 2. The highest BCUT2D eigenvalue weighted by molar-refractivity contribution is 6.03. The van der Waals surface area contributed by atoms with Crippen molar-refractivity contribution >= 4 is 17.5 Å². The number of aromatic nitrogens is 1. The summed E-state index contributed by atoms with van der Waals surface area (Å²) in [6.45, 7) is 3.89. The Morgan fingerprint density at radius 3 is 2.92 bits per heavy atom. The zero-order valence-electron chi connectivity index (χ0n) is 13.6. The number of amides is 2. The molecule has 0 radical (unpaired) electrons. The molecule has 0 saturated carbocycles. The normalized spacial score (nSPS) is 16.5. The molecule has 0 saturated heterocycles. The quantitative estimate of drug-likeness (QED) is 0.897. The molecule has 0 aliphatic carbocycles. The van der Waals surface area contributed by atoms with Crippen LogP contribution in [0.1, 0.15) is 18.4 Å². The first kappa shape index (κ1) is 16.0. The molecule has 0 fully saturated rings. The molecule has 0 bridgehead atoms. The van der Waals surface area contributed by atoms with Crippen LogP contribution in [-0.2, 0) is 16.0 Å². The number of carbonyl (C=O) groups excluding carboxylic acids is 2. The third kappa shape index (κ3) is 3.40. The van der Waals surface area contributed by atoms with E-state index in [9.17, 15) is 9.59 Å². The highest BCUT2D eigenvalue weighted by Crippen LogP contribution is 2.33. The molecule has 126 valence electrons. The van der Waals surface area contributed by atoms with E-state index < -0.39 is 6.10 Å². The van der Waals surface area contributed by atoms with E-state index in [4.69, 9.17) is 9.26 Å². The number of rotatable bonds is 5. The van der Waals surface area contributed by atoms with E-state index in [0.717, 1.165) is 5.69 Å². The number of hydrogen-bond donors (Lipinski definition) is 1. The van der Waals surface area contributed by atoms with E-state index in [0.29, 0.717) is 30.2 Å². The number of ether oxygens (including phenoxy) is 1. The van der Waals surface area contributed by atoms with E-state index in [-0.39, 0.29) is 18.4 Å². The number of benzene rings is 1. The maximum absolute atomic E-state index is 12.3. The lowest BCUT2D eigenvalue weighted by Crippen LogP contribution is -2.49. The summed E-state index contributed by atoms with van der Waals surface area (Å²) in [4.78, 5) is 26.0. The van der Waals surface area contributed by atoms with Gasteiger partial charge in [0.2, 0.25) is 5.91 Å². The van der Waals surface area contributed by atoms with E-state index in [1.54, 1.807) is 19.1 Å². The Hall–Kier alpha value is -2.83. The molecule has 0 spiro atoms. The van der Waals surface area contributed by atoms with Crippen molar-refractivity contribution in [3.05, 3.63) is 41.8 Å². The van der Waals surface area contributed by atoms with E-state index in [1.807, 2.05) is 25.1 Å². The summed E-state index contributed by atoms with van der Waals surface area (Å²) >= 11 is 0. The van der Waals surface area contributed by atoms with Gasteiger partial charge in [0.25, 0.3) is 5.91 Å². The number of aryl methyl sites for hydroxylation is 1. The summed E-state index contributed by atoms with van der Waals surface area (Å²) in [5, 5.41) is 6.59. The van der Waals surface area contributed by atoms with Crippen LogP contribution in [0, 0.1) is 6.92 Å². The molecule has 1 aliphatic heterocycles. The lowest BCUT2D eigenvalue weighted by molar-refractivity contribution is -0.128. The first-order valence-electron chi connectivity index (χ1n) is 7.80. The molecule has 1 unspecified atom stereocenters. The van der Waals surface area contributed by atoms with Crippen molar-refractivity contribution in [1.82, 2.24) is 10.5 Å². The summed E-state index contributed by atoms with van der Waals surface area (Å²) in [5.74, 6) is 0.863. The Balaban J connectivity index is 1.60. The van der Waals surface area contributed by atoms with Gasteiger partial charge in [0.05, 0.1) is 11.4 Å². The van der Waals surface area contributed by atoms with Crippen molar-refractivity contribution in [3.63, 3.8) is 0 Å². The van der Waals surface area contributed by atoms with Gasteiger partial charge < -0.3 is 14.6 Å². The molecule has 1 aromatic carbocycles. The number of nitrogens with one attached hydrogen (secondary N) is 1. The average molecular weight is 329 g/mol. The van der Waals surface area contributed by atoms with Gasteiger partial charge in [-0.05, 0) is 26.0 Å². The van der Waals surface area contributed by atoms with Gasteiger partial charge in [0.1, 0.15) is 18.1 Å². The number of fused-ring (bicyclic) bond motifs is 1. The van der Waals surface area contributed by atoms with Gasteiger partial charge in [-0.25, -0.2) is 0 Å². The van der Waals surface area contributed by atoms with Crippen molar-refractivity contribution in [1.29, 1.82) is 0 Å². The van der Waals surface area contributed by atoms with Gasteiger partial charge in [0, 0.05) is 19.0 Å². The standard InChI is InChI=1S/C17H19N3O4/c1-11-9-13(24-19-11)7-8-18-16(21)10-20-14-5-3-4-6-15(14)23-12(2)17(20)22/h3-6,9,12H,7-8,10H2,1-2H3,(H,18,21). The molecular weight excluding hydrogens is 310 g/mol. The largest absolute Gasteiger partial charge is 0.479 e. The first-order valence-corrected chi connectivity index (χ1v) is 7.80. The Kier molecular flexibility index (Phi) is 4.50. The summed E-state index contributed by atoms with van der Waals surface area (Å²) in [7, 11) is 0. The predicted octanol–water partition coefficient (Wildman–Crippen LogP) is 1.46. The van der Waals surface area contributed by atoms with Gasteiger partial charge >= 0.3 is 0 Å². The van der Waals surface area contributed by atoms with Crippen LogP contribution in [0.25, 0.3) is 0 Å². The second-order valence-electron chi connectivity index (χ2n) is 5.69. The lowest BCUT2D eigenvalue weighted by atomic mass is 10.2. The van der Waals surface area contributed by atoms with Gasteiger partial charge in [0.15, 0.2) is 6.10 Å². The molecule has 2 aromatic rings. The minimum absolute atomic E-state index is 0.0427. The van der Waals surface area contributed by atoms with E-state index in [2.05, 4.69) is 10.5 Å². The number of anilines is 1. The number of hydrogen-bond acceptors (Lipinski definition) is 5. The van der Waals surface area contributed by atoms with Crippen LogP contribution in [0.15, 0.2) is 34.9 Å². The Bertz CT molecular complexity index is 756. The smallest absolute Gasteiger partial charge is 0.268 e. The molecule has 1 aromatic heterocycles. The molecule has 1 aliphatic rings. The van der Waals surface area contributed by atoms with Crippen molar-refractivity contribution in [2.24, 2.45) is 0 Å². The van der Waals surface area contributed by atoms with Crippen LogP contribution >= 0.6 is 0 Å². The molecule has 1 atom stereocenters. The summed E-state index contributed by atoms with van der Waals surface area (Å²) in [6, 6.07) is 9.02. The molecule has 1 N–H and O–H groups in total. The Morgan fingerprint density at radius 2 is 2.17 bits per heavy atom. The van der Waals surface area contributed by atoms with Crippen LogP contribution in [0.2, 0.25) is 0 Å². The zero-order chi connectivity index (χ0) is 17.1. The summed E-state index contributed by atoms with van der Waals surface area (Å²) in [5.41, 5.74) is 1.42. The predicted molar refractivity (Wildman–Crippen MR) is 86.8 cm³/mol. The van der Waals surface area contributed by atoms with Crippen molar-refractivity contribution in [2.45, 2.75) is 26.4 Å². The third-order valence-electron chi connectivity index (χ3n) is 3.75. The average Bonchev–Trinajstić information content (AvgIpc) is 2.97. The topological polar surface area (TPSA) is 84.7 Å². The molecule has 24 heavy (non-hydrogen) atoms. The van der Waals surface area contributed by atoms with Gasteiger partial charge in [-0.15, -0.1) is 0 Å². The molecule has 2 amide bonds. The van der Waals surface area contributed by atoms with Crippen molar-refractivity contribution in [2.75, 3.05) is 18.0 Å². The fourth-order valence-corrected chi connectivity index (χ4v) is 2.58. The van der Waals surface area contributed by atoms with E-state index in [1.165, 1.54) is 4.90 Å². The highest BCUT2D eigenvalue weighted by Gasteiger charge is 2.32. The number of para-hydroxylation sites is 2. The van der Waals surface area contributed by atoms with Crippen LogP contribution in [0.3, 0.4) is 0 Å². The van der Waals surface area contributed by atoms with Crippen molar-refractivity contribution < 1.29 is 18.8 Å². The molecule has 2 heterocycles.